The van der Waals surface area contributed by atoms with Gasteiger partial charge in [-0.05, 0) is 19.1 Å². The van der Waals surface area contributed by atoms with Crippen molar-refractivity contribution >= 4 is 11.5 Å². The van der Waals surface area contributed by atoms with E-state index in [1.807, 2.05) is 19.1 Å². The molecule has 0 bridgehead atoms. The van der Waals surface area contributed by atoms with Gasteiger partial charge in [0.25, 0.3) is 0 Å². The summed E-state index contributed by atoms with van der Waals surface area (Å²) in [6.45, 7) is 2.57. The van der Waals surface area contributed by atoms with E-state index in [1.165, 1.54) is 0 Å². The van der Waals surface area contributed by atoms with Gasteiger partial charge in [-0.2, -0.15) is 0 Å². The SMILES string of the molecule is Cc1ccc(N(CCO)CCO)c(/C(N)=N/O)c1. The molecule has 1 aromatic carbocycles. The van der Waals surface area contributed by atoms with Crippen LogP contribution in [-0.4, -0.2) is 47.6 Å². The molecule has 0 radical (unpaired) electrons. The zero-order valence-corrected chi connectivity index (χ0v) is 10.4. The lowest BCUT2D eigenvalue weighted by molar-refractivity contribution is 0.281. The molecule has 5 N–H and O–H groups in total. The molecule has 0 aromatic heterocycles. The number of aliphatic hydroxyl groups is 2. The van der Waals surface area contributed by atoms with Crippen LogP contribution in [0, 0.1) is 6.92 Å². The van der Waals surface area contributed by atoms with Crippen molar-refractivity contribution < 1.29 is 15.4 Å². The molecule has 0 fully saturated rings. The van der Waals surface area contributed by atoms with Crippen LogP contribution >= 0.6 is 0 Å². The molecular weight excluding hydrogens is 234 g/mol. The first-order valence-corrected chi connectivity index (χ1v) is 5.69. The molecule has 0 aliphatic carbocycles. The molecular formula is C12H19N3O3. The standard InChI is InChI=1S/C12H19N3O3/c1-9-2-3-11(10(8-9)12(13)14-18)15(4-6-16)5-7-17/h2-3,8,16-18H,4-7H2,1H3,(H2,13,14). The van der Waals surface area contributed by atoms with Crippen LogP contribution in [0.2, 0.25) is 0 Å². The number of oxime groups is 1. The Bertz CT molecular complexity index is 415. The Morgan fingerprint density at radius 1 is 1.28 bits per heavy atom. The highest BCUT2D eigenvalue weighted by atomic mass is 16.4. The number of aliphatic hydroxyl groups excluding tert-OH is 2. The van der Waals surface area contributed by atoms with Crippen LogP contribution in [0.4, 0.5) is 5.69 Å². The molecule has 1 rings (SSSR count). The second-order valence-corrected chi connectivity index (χ2v) is 3.94. The van der Waals surface area contributed by atoms with Gasteiger partial charge in [-0.25, -0.2) is 0 Å². The molecule has 0 aliphatic heterocycles. The van der Waals surface area contributed by atoms with Gasteiger partial charge in [0.05, 0.1) is 13.2 Å². The number of aryl methyl sites for hydroxylation is 1. The largest absolute Gasteiger partial charge is 0.409 e. The van der Waals surface area contributed by atoms with E-state index in [9.17, 15) is 0 Å². The monoisotopic (exact) mass is 253 g/mol. The Morgan fingerprint density at radius 3 is 2.39 bits per heavy atom. The second kappa shape index (κ2) is 6.83. The molecule has 0 aliphatic rings. The van der Waals surface area contributed by atoms with Crippen molar-refractivity contribution in [2.24, 2.45) is 10.9 Å². The molecule has 0 saturated carbocycles. The topological polar surface area (TPSA) is 102 Å². The van der Waals surface area contributed by atoms with Crippen LogP contribution in [0.25, 0.3) is 0 Å². The zero-order chi connectivity index (χ0) is 13.5. The normalized spacial score (nSPS) is 11.6. The molecule has 0 amide bonds. The predicted molar refractivity (Wildman–Crippen MR) is 70.1 cm³/mol. The minimum absolute atomic E-state index is 0.00887. The van der Waals surface area contributed by atoms with E-state index < -0.39 is 0 Å². The second-order valence-electron chi connectivity index (χ2n) is 3.94. The van der Waals surface area contributed by atoms with Crippen molar-refractivity contribution in [2.45, 2.75) is 6.92 Å². The molecule has 6 heteroatoms. The average Bonchev–Trinajstić information content (AvgIpc) is 2.37. The summed E-state index contributed by atoms with van der Waals surface area (Å²) in [7, 11) is 0. The molecule has 0 unspecified atom stereocenters. The van der Waals surface area contributed by atoms with E-state index in [4.69, 9.17) is 21.2 Å². The Kier molecular flexibility index (Phi) is 5.41. The fourth-order valence-corrected chi connectivity index (χ4v) is 1.78. The first-order valence-electron chi connectivity index (χ1n) is 5.69. The van der Waals surface area contributed by atoms with Crippen LogP contribution in [0.5, 0.6) is 0 Å². The fourth-order valence-electron chi connectivity index (χ4n) is 1.78. The van der Waals surface area contributed by atoms with E-state index in [0.717, 1.165) is 11.3 Å². The Morgan fingerprint density at radius 2 is 1.89 bits per heavy atom. The van der Waals surface area contributed by atoms with Crippen LogP contribution in [0.3, 0.4) is 0 Å². The summed E-state index contributed by atoms with van der Waals surface area (Å²) in [4.78, 5) is 1.78. The Labute approximate surface area is 106 Å². The molecule has 100 valence electrons. The molecule has 18 heavy (non-hydrogen) atoms. The van der Waals surface area contributed by atoms with E-state index in [0.29, 0.717) is 18.7 Å². The first kappa shape index (κ1) is 14.3. The lowest BCUT2D eigenvalue weighted by Crippen LogP contribution is -2.32. The summed E-state index contributed by atoms with van der Waals surface area (Å²) in [5, 5.41) is 29.9. The predicted octanol–water partition coefficient (Wildman–Crippen LogP) is -0.119. The minimum Gasteiger partial charge on any atom is -0.409 e. The number of nitrogens with two attached hydrogens (primary N) is 1. The van der Waals surface area contributed by atoms with Crippen LogP contribution in [-0.2, 0) is 0 Å². The number of benzene rings is 1. The van der Waals surface area contributed by atoms with Gasteiger partial charge in [0, 0.05) is 24.3 Å². The summed E-state index contributed by atoms with van der Waals surface area (Å²) < 4.78 is 0. The minimum atomic E-state index is -0.0382. The maximum absolute atomic E-state index is 9.03. The maximum atomic E-state index is 9.03. The highest BCUT2D eigenvalue weighted by Crippen LogP contribution is 2.21. The molecule has 0 heterocycles. The molecule has 0 atom stereocenters. The number of anilines is 1. The van der Waals surface area contributed by atoms with Crippen molar-refractivity contribution in [1.29, 1.82) is 0 Å². The van der Waals surface area contributed by atoms with E-state index in [1.54, 1.807) is 11.0 Å². The lowest BCUT2D eigenvalue weighted by Gasteiger charge is -2.25. The van der Waals surface area contributed by atoms with Gasteiger partial charge >= 0.3 is 0 Å². The highest BCUT2D eigenvalue weighted by Gasteiger charge is 2.13. The van der Waals surface area contributed by atoms with E-state index >= 15 is 0 Å². The van der Waals surface area contributed by atoms with Gasteiger partial charge in [0.2, 0.25) is 0 Å². The number of nitrogens with zero attached hydrogens (tertiary/aromatic N) is 2. The van der Waals surface area contributed by atoms with Gasteiger partial charge in [0.1, 0.15) is 0 Å². The van der Waals surface area contributed by atoms with Gasteiger partial charge in [0.15, 0.2) is 5.84 Å². The number of hydrogen-bond donors (Lipinski definition) is 4. The van der Waals surface area contributed by atoms with Crippen molar-refractivity contribution in [1.82, 2.24) is 0 Å². The maximum Gasteiger partial charge on any atom is 0.172 e. The Hall–Kier alpha value is -1.79. The number of rotatable bonds is 6. The highest BCUT2D eigenvalue weighted by molar-refractivity contribution is 6.02. The molecule has 0 spiro atoms. The smallest absolute Gasteiger partial charge is 0.172 e. The lowest BCUT2D eigenvalue weighted by atomic mass is 10.1. The summed E-state index contributed by atoms with van der Waals surface area (Å²) in [6.07, 6.45) is 0. The van der Waals surface area contributed by atoms with Crippen molar-refractivity contribution in [3.63, 3.8) is 0 Å². The van der Waals surface area contributed by atoms with Gasteiger partial charge < -0.3 is 26.1 Å². The van der Waals surface area contributed by atoms with Crippen molar-refractivity contribution in [2.75, 3.05) is 31.2 Å². The molecule has 1 aromatic rings. The van der Waals surface area contributed by atoms with Crippen LogP contribution in [0.15, 0.2) is 23.4 Å². The summed E-state index contributed by atoms with van der Waals surface area (Å²) in [5.74, 6) is 0.00887. The van der Waals surface area contributed by atoms with Gasteiger partial charge in [-0.1, -0.05) is 16.8 Å². The molecule has 0 saturated heterocycles. The van der Waals surface area contributed by atoms with Gasteiger partial charge in [-0.15, -0.1) is 0 Å². The summed E-state index contributed by atoms with van der Waals surface area (Å²) in [5.41, 5.74) is 7.93. The third-order valence-electron chi connectivity index (χ3n) is 2.62. The van der Waals surface area contributed by atoms with Crippen molar-refractivity contribution in [3.05, 3.63) is 29.3 Å². The third kappa shape index (κ3) is 3.35. The quantitative estimate of drug-likeness (QED) is 0.245. The molecule has 6 nitrogen and oxygen atoms in total. The fraction of sp³-hybridized carbons (Fsp3) is 0.417. The third-order valence-corrected chi connectivity index (χ3v) is 2.62. The van der Waals surface area contributed by atoms with Gasteiger partial charge in [-0.3, -0.25) is 0 Å². The number of hydrogen-bond acceptors (Lipinski definition) is 5. The first-order chi connectivity index (χ1) is 8.63. The van der Waals surface area contributed by atoms with Crippen molar-refractivity contribution in [3.8, 4) is 0 Å². The van der Waals surface area contributed by atoms with E-state index in [-0.39, 0.29) is 19.0 Å². The van der Waals surface area contributed by atoms with Crippen LogP contribution in [0.1, 0.15) is 11.1 Å². The summed E-state index contributed by atoms with van der Waals surface area (Å²) in [6, 6.07) is 5.52. The van der Waals surface area contributed by atoms with E-state index in [2.05, 4.69) is 5.16 Å². The van der Waals surface area contributed by atoms with Crippen LogP contribution < -0.4 is 10.6 Å². The number of amidine groups is 1. The summed E-state index contributed by atoms with van der Waals surface area (Å²) >= 11 is 0. The Balaban J connectivity index is 3.19. The average molecular weight is 253 g/mol. The zero-order valence-electron chi connectivity index (χ0n) is 10.4.